The predicted octanol–water partition coefficient (Wildman–Crippen LogP) is 3.06. The number of amides is 1. The van der Waals surface area contributed by atoms with Crippen molar-refractivity contribution in [1.82, 2.24) is 5.32 Å². The Morgan fingerprint density at radius 1 is 1.07 bits per heavy atom. The van der Waals surface area contributed by atoms with Gasteiger partial charge in [0.05, 0.1) is 10.6 Å². The molecular formula is C20H26N2O4S. The molecule has 0 saturated carbocycles. The Morgan fingerprint density at radius 2 is 1.81 bits per heavy atom. The molecule has 1 N–H and O–H groups in total. The van der Waals surface area contributed by atoms with Crippen LogP contribution in [0.3, 0.4) is 0 Å². The highest BCUT2D eigenvalue weighted by molar-refractivity contribution is 7.92. The predicted molar refractivity (Wildman–Crippen MR) is 107 cm³/mol. The largest absolute Gasteiger partial charge is 0.382 e. The third kappa shape index (κ3) is 5.55. The number of hydrogen-bond donors (Lipinski definition) is 1. The number of nitrogens with zero attached hydrogens (tertiary/aromatic N) is 1. The second kappa shape index (κ2) is 10.1. The zero-order valence-electron chi connectivity index (χ0n) is 15.7. The quantitative estimate of drug-likeness (QED) is 0.633. The number of benzene rings is 2. The van der Waals surface area contributed by atoms with Crippen LogP contribution in [0.2, 0.25) is 0 Å². The van der Waals surface area contributed by atoms with Gasteiger partial charge in [-0.15, -0.1) is 0 Å². The molecular weight excluding hydrogens is 364 g/mol. The summed E-state index contributed by atoms with van der Waals surface area (Å²) in [5, 5.41) is 2.78. The van der Waals surface area contributed by atoms with Gasteiger partial charge in [-0.3, -0.25) is 9.10 Å². The van der Waals surface area contributed by atoms with Crippen LogP contribution in [-0.4, -0.2) is 40.6 Å². The lowest BCUT2D eigenvalue weighted by Gasteiger charge is -2.23. The molecule has 0 aliphatic carbocycles. The van der Waals surface area contributed by atoms with Crippen LogP contribution in [0.25, 0.3) is 0 Å². The number of nitrogens with one attached hydrogen (secondary N) is 1. The Balaban J connectivity index is 2.16. The van der Waals surface area contributed by atoms with Gasteiger partial charge in [0.1, 0.15) is 0 Å². The first kappa shape index (κ1) is 20.9. The van der Waals surface area contributed by atoms with E-state index in [1.807, 2.05) is 13.0 Å². The van der Waals surface area contributed by atoms with E-state index in [2.05, 4.69) is 5.32 Å². The van der Waals surface area contributed by atoms with E-state index >= 15 is 0 Å². The van der Waals surface area contributed by atoms with Gasteiger partial charge in [0, 0.05) is 31.9 Å². The Morgan fingerprint density at radius 3 is 2.48 bits per heavy atom. The SMILES string of the molecule is CCOCCCNC(=O)c1cccc(S(=O)(=O)N(CC)c2ccccc2)c1. The van der Waals surface area contributed by atoms with Gasteiger partial charge in [0.25, 0.3) is 15.9 Å². The molecule has 0 bridgehead atoms. The Kier molecular flexibility index (Phi) is 7.82. The van der Waals surface area contributed by atoms with E-state index in [1.54, 1.807) is 43.3 Å². The molecule has 0 fully saturated rings. The van der Waals surface area contributed by atoms with E-state index < -0.39 is 10.0 Å². The minimum absolute atomic E-state index is 0.0927. The molecule has 6 nitrogen and oxygen atoms in total. The van der Waals surface area contributed by atoms with Crippen LogP contribution in [0.5, 0.6) is 0 Å². The summed E-state index contributed by atoms with van der Waals surface area (Å²) < 4.78 is 32.7. The fraction of sp³-hybridized carbons (Fsp3) is 0.350. The number of ether oxygens (including phenoxy) is 1. The molecule has 0 saturated heterocycles. The maximum atomic E-state index is 13.0. The van der Waals surface area contributed by atoms with Gasteiger partial charge in [-0.2, -0.15) is 0 Å². The second-order valence-corrected chi connectivity index (χ2v) is 7.70. The summed E-state index contributed by atoms with van der Waals surface area (Å²) in [4.78, 5) is 12.4. The highest BCUT2D eigenvalue weighted by atomic mass is 32.2. The van der Waals surface area contributed by atoms with Crippen molar-refractivity contribution in [1.29, 1.82) is 0 Å². The average Bonchev–Trinajstić information content (AvgIpc) is 2.69. The highest BCUT2D eigenvalue weighted by Crippen LogP contribution is 2.23. The topological polar surface area (TPSA) is 75.7 Å². The van der Waals surface area contributed by atoms with Crippen molar-refractivity contribution in [3.63, 3.8) is 0 Å². The van der Waals surface area contributed by atoms with Crippen LogP contribution < -0.4 is 9.62 Å². The zero-order valence-corrected chi connectivity index (χ0v) is 16.5. The summed E-state index contributed by atoms with van der Waals surface area (Å²) in [5.41, 5.74) is 0.905. The molecule has 2 rings (SSSR count). The summed E-state index contributed by atoms with van der Waals surface area (Å²) in [6.07, 6.45) is 0.704. The fourth-order valence-electron chi connectivity index (χ4n) is 2.63. The van der Waals surface area contributed by atoms with E-state index in [0.717, 1.165) is 0 Å². The Bertz CT molecular complexity index is 838. The van der Waals surface area contributed by atoms with Crippen molar-refractivity contribution in [3.8, 4) is 0 Å². The van der Waals surface area contributed by atoms with Crippen LogP contribution in [0.4, 0.5) is 5.69 Å². The first-order valence-electron chi connectivity index (χ1n) is 9.04. The van der Waals surface area contributed by atoms with Gasteiger partial charge in [0.15, 0.2) is 0 Å². The third-order valence-electron chi connectivity index (χ3n) is 3.97. The van der Waals surface area contributed by atoms with Crippen molar-refractivity contribution in [2.75, 3.05) is 30.6 Å². The molecule has 0 spiro atoms. The number of carbonyl (C=O) groups is 1. The summed E-state index contributed by atoms with van der Waals surface area (Å²) in [7, 11) is -3.76. The summed E-state index contributed by atoms with van der Waals surface area (Å²) in [6.45, 7) is 5.68. The van der Waals surface area contributed by atoms with Crippen LogP contribution in [0.15, 0.2) is 59.5 Å². The zero-order chi connectivity index (χ0) is 19.7. The first-order chi connectivity index (χ1) is 13.0. The minimum atomic E-state index is -3.76. The highest BCUT2D eigenvalue weighted by Gasteiger charge is 2.24. The molecule has 0 aliphatic rings. The van der Waals surface area contributed by atoms with E-state index in [9.17, 15) is 13.2 Å². The Labute approximate surface area is 161 Å². The van der Waals surface area contributed by atoms with Crippen molar-refractivity contribution in [2.45, 2.75) is 25.2 Å². The molecule has 27 heavy (non-hydrogen) atoms. The number of rotatable bonds is 10. The van der Waals surface area contributed by atoms with Gasteiger partial charge in [-0.1, -0.05) is 24.3 Å². The summed E-state index contributed by atoms with van der Waals surface area (Å²) in [5.74, 6) is -0.300. The second-order valence-electron chi connectivity index (χ2n) is 5.84. The maximum absolute atomic E-state index is 13.0. The van der Waals surface area contributed by atoms with Crippen LogP contribution >= 0.6 is 0 Å². The molecule has 0 aliphatic heterocycles. The van der Waals surface area contributed by atoms with Gasteiger partial charge in [0.2, 0.25) is 0 Å². The van der Waals surface area contributed by atoms with Gasteiger partial charge < -0.3 is 10.1 Å². The van der Waals surface area contributed by atoms with Crippen LogP contribution in [0.1, 0.15) is 30.6 Å². The van der Waals surface area contributed by atoms with Crippen molar-refractivity contribution in [2.24, 2.45) is 0 Å². The number of hydrogen-bond acceptors (Lipinski definition) is 4. The normalized spacial score (nSPS) is 11.2. The molecule has 0 heterocycles. The maximum Gasteiger partial charge on any atom is 0.264 e. The molecule has 146 valence electrons. The lowest BCUT2D eigenvalue weighted by Crippen LogP contribution is -2.31. The van der Waals surface area contributed by atoms with Gasteiger partial charge in [-0.25, -0.2) is 8.42 Å². The summed E-state index contributed by atoms with van der Waals surface area (Å²) >= 11 is 0. The van der Waals surface area contributed by atoms with E-state index in [0.29, 0.717) is 44.0 Å². The van der Waals surface area contributed by atoms with E-state index in [4.69, 9.17) is 4.74 Å². The number of carbonyl (C=O) groups excluding carboxylic acids is 1. The van der Waals surface area contributed by atoms with E-state index in [1.165, 1.54) is 16.4 Å². The third-order valence-corrected chi connectivity index (χ3v) is 5.87. The summed E-state index contributed by atoms with van der Waals surface area (Å²) in [6, 6.07) is 15.0. The Hall–Kier alpha value is -2.38. The number of anilines is 1. The number of para-hydroxylation sites is 1. The molecule has 0 aromatic heterocycles. The molecule has 0 radical (unpaired) electrons. The first-order valence-corrected chi connectivity index (χ1v) is 10.5. The van der Waals surface area contributed by atoms with Crippen molar-refractivity contribution in [3.05, 3.63) is 60.2 Å². The smallest absolute Gasteiger partial charge is 0.264 e. The minimum Gasteiger partial charge on any atom is -0.382 e. The molecule has 1 amide bonds. The molecule has 0 unspecified atom stereocenters. The van der Waals surface area contributed by atoms with E-state index in [-0.39, 0.29) is 10.8 Å². The standard InChI is InChI=1S/C20H26N2O4S/c1-3-22(18-11-6-5-7-12-18)27(24,25)19-13-8-10-17(16-19)20(23)21-14-9-15-26-4-2/h5-8,10-13,16H,3-4,9,14-15H2,1-2H3,(H,21,23). The molecule has 7 heteroatoms. The van der Waals surface area contributed by atoms with Gasteiger partial charge >= 0.3 is 0 Å². The van der Waals surface area contributed by atoms with Crippen molar-refractivity contribution < 1.29 is 17.9 Å². The lowest BCUT2D eigenvalue weighted by molar-refractivity contribution is 0.0944. The average molecular weight is 391 g/mol. The van der Waals surface area contributed by atoms with Gasteiger partial charge in [-0.05, 0) is 50.6 Å². The van der Waals surface area contributed by atoms with Crippen LogP contribution in [-0.2, 0) is 14.8 Å². The lowest BCUT2D eigenvalue weighted by atomic mass is 10.2. The van der Waals surface area contributed by atoms with Crippen molar-refractivity contribution >= 4 is 21.6 Å². The van der Waals surface area contributed by atoms with Crippen LogP contribution in [0, 0.1) is 0 Å². The number of sulfonamides is 1. The molecule has 0 atom stereocenters. The molecule has 2 aromatic rings. The molecule has 2 aromatic carbocycles. The fourth-order valence-corrected chi connectivity index (χ4v) is 4.15. The monoisotopic (exact) mass is 390 g/mol.